The van der Waals surface area contributed by atoms with Crippen LogP contribution in [0.25, 0.3) is 0 Å². The first kappa shape index (κ1) is 17.0. The molecule has 2 fully saturated rings. The molecule has 7 heteroatoms. The number of nitrogens with zero attached hydrogens (tertiary/aromatic N) is 4. The van der Waals surface area contributed by atoms with E-state index >= 15 is 0 Å². The molecule has 24 heavy (non-hydrogen) atoms. The number of pyridine rings is 1. The summed E-state index contributed by atoms with van der Waals surface area (Å²) < 4.78 is 5.38. The van der Waals surface area contributed by atoms with Crippen molar-refractivity contribution < 1.29 is 9.53 Å². The van der Waals surface area contributed by atoms with Gasteiger partial charge in [-0.05, 0) is 24.2 Å². The lowest BCUT2D eigenvalue weighted by atomic mass is 10.2. The summed E-state index contributed by atoms with van der Waals surface area (Å²) in [6.45, 7) is 10.5. The Hall–Kier alpha value is -1.86. The molecule has 132 valence electrons. The second kappa shape index (κ2) is 8.30. The number of rotatable bonds is 4. The molecule has 2 aliphatic heterocycles. The van der Waals surface area contributed by atoms with Gasteiger partial charge in [-0.15, -0.1) is 0 Å². The molecular formula is C17H27N5O2. The van der Waals surface area contributed by atoms with Gasteiger partial charge in [-0.3, -0.25) is 0 Å². The maximum absolute atomic E-state index is 12.3. The number of carbonyl (C=O) groups is 1. The minimum Gasteiger partial charge on any atom is -0.378 e. The summed E-state index contributed by atoms with van der Waals surface area (Å²) in [6, 6.07) is 4.04. The number of likely N-dealkylation sites (N-methyl/N-ethyl adjacent to an activating group) is 1. The van der Waals surface area contributed by atoms with Gasteiger partial charge in [-0.25, -0.2) is 9.78 Å². The molecule has 3 heterocycles. The molecule has 3 rings (SSSR count). The highest BCUT2D eigenvalue weighted by Gasteiger charge is 2.20. The fourth-order valence-electron chi connectivity index (χ4n) is 3.09. The van der Waals surface area contributed by atoms with E-state index in [-0.39, 0.29) is 6.03 Å². The van der Waals surface area contributed by atoms with Crippen LogP contribution in [0.15, 0.2) is 18.3 Å². The normalized spacial score (nSPS) is 19.4. The molecule has 2 saturated heterocycles. The van der Waals surface area contributed by atoms with E-state index in [0.29, 0.717) is 6.54 Å². The first-order valence-corrected chi connectivity index (χ1v) is 8.79. The molecule has 7 nitrogen and oxygen atoms in total. The first-order valence-electron chi connectivity index (χ1n) is 8.79. The zero-order valence-electron chi connectivity index (χ0n) is 14.4. The molecule has 0 aromatic carbocycles. The number of morpholine rings is 1. The first-order chi connectivity index (χ1) is 11.8. The zero-order chi connectivity index (χ0) is 16.8. The summed E-state index contributed by atoms with van der Waals surface area (Å²) in [4.78, 5) is 23.2. The third-order valence-electron chi connectivity index (χ3n) is 4.70. The Labute approximate surface area is 143 Å². The fraction of sp³-hybridized carbons (Fsp3) is 0.647. The lowest BCUT2D eigenvalue weighted by Gasteiger charge is -2.34. The number of amides is 2. The highest BCUT2D eigenvalue weighted by Crippen LogP contribution is 2.14. The van der Waals surface area contributed by atoms with Gasteiger partial charge in [0, 0.05) is 52.0 Å². The second-order valence-electron chi connectivity index (χ2n) is 6.20. The van der Waals surface area contributed by atoms with Crippen LogP contribution >= 0.6 is 0 Å². The third-order valence-corrected chi connectivity index (χ3v) is 4.70. The van der Waals surface area contributed by atoms with Crippen molar-refractivity contribution in [3.63, 3.8) is 0 Å². The van der Waals surface area contributed by atoms with Gasteiger partial charge in [0.05, 0.1) is 13.2 Å². The van der Waals surface area contributed by atoms with Gasteiger partial charge in [-0.1, -0.05) is 6.92 Å². The highest BCUT2D eigenvalue weighted by atomic mass is 16.5. The van der Waals surface area contributed by atoms with Crippen LogP contribution in [0.1, 0.15) is 12.5 Å². The molecule has 0 saturated carbocycles. The minimum atomic E-state index is 0.0236. The Morgan fingerprint density at radius 3 is 2.67 bits per heavy atom. The molecule has 1 aromatic heterocycles. The number of ether oxygens (including phenoxy) is 1. The fourth-order valence-corrected chi connectivity index (χ4v) is 3.09. The van der Waals surface area contributed by atoms with E-state index in [1.807, 2.05) is 17.2 Å². The summed E-state index contributed by atoms with van der Waals surface area (Å²) in [6.07, 6.45) is 1.81. The summed E-state index contributed by atoms with van der Waals surface area (Å²) in [7, 11) is 0. The van der Waals surface area contributed by atoms with Crippen molar-refractivity contribution in [3.05, 3.63) is 23.9 Å². The van der Waals surface area contributed by atoms with Crippen LogP contribution in [0.3, 0.4) is 0 Å². The highest BCUT2D eigenvalue weighted by molar-refractivity contribution is 5.74. The smallest absolute Gasteiger partial charge is 0.317 e. The number of hydrogen-bond acceptors (Lipinski definition) is 5. The Morgan fingerprint density at radius 2 is 1.96 bits per heavy atom. The second-order valence-corrected chi connectivity index (χ2v) is 6.20. The van der Waals surface area contributed by atoms with Crippen molar-refractivity contribution in [3.8, 4) is 0 Å². The van der Waals surface area contributed by atoms with Crippen LogP contribution < -0.4 is 10.2 Å². The summed E-state index contributed by atoms with van der Waals surface area (Å²) in [5.41, 5.74) is 1.08. The van der Waals surface area contributed by atoms with Crippen LogP contribution in [0, 0.1) is 0 Å². The van der Waals surface area contributed by atoms with Crippen molar-refractivity contribution in [1.82, 2.24) is 20.1 Å². The van der Waals surface area contributed by atoms with Crippen LogP contribution in [0.2, 0.25) is 0 Å². The zero-order valence-corrected chi connectivity index (χ0v) is 14.4. The Bertz CT molecular complexity index is 540. The molecule has 2 aliphatic rings. The number of anilines is 1. The van der Waals surface area contributed by atoms with Crippen LogP contribution in [-0.4, -0.2) is 79.8 Å². The van der Waals surface area contributed by atoms with Gasteiger partial charge >= 0.3 is 6.03 Å². The Morgan fingerprint density at radius 1 is 1.21 bits per heavy atom. The van der Waals surface area contributed by atoms with Crippen LogP contribution in [0.5, 0.6) is 0 Å². The summed E-state index contributed by atoms with van der Waals surface area (Å²) >= 11 is 0. The van der Waals surface area contributed by atoms with E-state index in [1.165, 1.54) is 0 Å². The molecule has 0 atom stereocenters. The molecule has 0 aliphatic carbocycles. The van der Waals surface area contributed by atoms with Gasteiger partial charge in [0.1, 0.15) is 5.82 Å². The number of hydrogen-bond donors (Lipinski definition) is 1. The lowest BCUT2D eigenvalue weighted by Crippen LogP contribution is -2.51. The molecule has 1 aromatic rings. The van der Waals surface area contributed by atoms with E-state index < -0.39 is 0 Å². The average molecular weight is 333 g/mol. The molecule has 2 amide bonds. The Balaban J connectivity index is 1.50. The van der Waals surface area contributed by atoms with Gasteiger partial charge in [0.15, 0.2) is 0 Å². The van der Waals surface area contributed by atoms with E-state index in [2.05, 4.69) is 33.1 Å². The van der Waals surface area contributed by atoms with E-state index in [4.69, 9.17) is 4.74 Å². The largest absolute Gasteiger partial charge is 0.378 e. The summed E-state index contributed by atoms with van der Waals surface area (Å²) in [5, 5.41) is 3.03. The van der Waals surface area contributed by atoms with Gasteiger partial charge in [0.25, 0.3) is 0 Å². The van der Waals surface area contributed by atoms with E-state index in [0.717, 1.165) is 70.4 Å². The van der Waals surface area contributed by atoms with E-state index in [9.17, 15) is 4.79 Å². The van der Waals surface area contributed by atoms with Crippen molar-refractivity contribution >= 4 is 11.8 Å². The average Bonchev–Trinajstić information content (AvgIpc) is 2.67. The molecule has 0 bridgehead atoms. The van der Waals surface area contributed by atoms with Crippen molar-refractivity contribution in [1.29, 1.82) is 0 Å². The van der Waals surface area contributed by atoms with Crippen molar-refractivity contribution in [2.75, 3.05) is 63.9 Å². The van der Waals surface area contributed by atoms with Crippen LogP contribution in [-0.2, 0) is 11.3 Å². The predicted octanol–water partition coefficient (Wildman–Crippen LogP) is 0.765. The molecular weight excluding hydrogens is 306 g/mol. The monoisotopic (exact) mass is 333 g/mol. The van der Waals surface area contributed by atoms with Gasteiger partial charge in [0.2, 0.25) is 0 Å². The Kier molecular flexibility index (Phi) is 5.87. The maximum Gasteiger partial charge on any atom is 0.317 e. The van der Waals surface area contributed by atoms with Crippen LogP contribution in [0.4, 0.5) is 10.6 Å². The number of urea groups is 1. The summed E-state index contributed by atoms with van der Waals surface area (Å²) in [5.74, 6) is 0.960. The van der Waals surface area contributed by atoms with Crippen molar-refractivity contribution in [2.45, 2.75) is 13.5 Å². The number of nitrogens with one attached hydrogen (secondary N) is 1. The topological polar surface area (TPSA) is 60.9 Å². The maximum atomic E-state index is 12.3. The molecule has 1 N–H and O–H groups in total. The minimum absolute atomic E-state index is 0.0236. The number of piperazine rings is 1. The number of carbonyl (C=O) groups excluding carboxylic acids is 1. The molecule has 0 radical (unpaired) electrons. The quantitative estimate of drug-likeness (QED) is 0.882. The third kappa shape index (κ3) is 4.36. The SMILES string of the molecule is CCN1CCN(C(=O)NCc2ccnc(N3CCOCC3)c2)CC1. The molecule has 0 spiro atoms. The standard InChI is InChI=1S/C17H27N5O2/c1-2-20-5-7-22(8-6-20)17(23)19-14-15-3-4-18-16(13-15)21-9-11-24-12-10-21/h3-4,13H,2,5-12,14H2,1H3,(H,19,23). The lowest BCUT2D eigenvalue weighted by molar-refractivity contribution is 0.122. The predicted molar refractivity (Wildman–Crippen MR) is 93.2 cm³/mol. The van der Waals surface area contributed by atoms with Gasteiger partial charge < -0.3 is 24.8 Å². The van der Waals surface area contributed by atoms with Gasteiger partial charge in [-0.2, -0.15) is 0 Å². The van der Waals surface area contributed by atoms with Crippen molar-refractivity contribution in [2.24, 2.45) is 0 Å². The number of aromatic nitrogens is 1. The molecule has 0 unspecified atom stereocenters. The van der Waals surface area contributed by atoms with E-state index in [1.54, 1.807) is 0 Å².